The van der Waals surface area contributed by atoms with Gasteiger partial charge in [0.1, 0.15) is 5.75 Å². The molecule has 1 aliphatic heterocycles. The first-order chi connectivity index (χ1) is 8.71. The Balaban J connectivity index is 2.20. The molecule has 0 aromatic heterocycles. The number of benzene rings is 1. The zero-order valence-corrected chi connectivity index (χ0v) is 12.4. The number of hydrogen-bond donors (Lipinski definition) is 1. The van der Waals surface area contributed by atoms with Crippen LogP contribution >= 0.6 is 11.9 Å². The molecule has 0 bridgehead atoms. The molecule has 1 aliphatic rings. The van der Waals surface area contributed by atoms with Gasteiger partial charge in [-0.2, -0.15) is 8.78 Å². The van der Waals surface area contributed by atoms with Crippen molar-refractivity contribution in [1.29, 1.82) is 0 Å². The molecule has 0 aliphatic carbocycles. The van der Waals surface area contributed by atoms with Gasteiger partial charge in [-0.15, -0.1) is 0 Å². The molecule has 0 spiro atoms. The molecule has 0 fully saturated rings. The van der Waals surface area contributed by atoms with E-state index < -0.39 is 12.5 Å². The third-order valence-electron chi connectivity index (χ3n) is 2.85. The van der Waals surface area contributed by atoms with Gasteiger partial charge in [0.15, 0.2) is 6.61 Å². The Kier molecular flexibility index (Phi) is 3.80. The van der Waals surface area contributed by atoms with E-state index in [0.29, 0.717) is 5.75 Å². The average Bonchev–Trinajstić information content (AvgIpc) is 2.62. The van der Waals surface area contributed by atoms with Gasteiger partial charge in [-0.1, -0.05) is 24.1 Å². The SMILES string of the molecule is C[C@@H](NSC(C)(C)C)c1cccc2c1OCC2(F)F. The van der Waals surface area contributed by atoms with Crippen LogP contribution in [0.15, 0.2) is 18.2 Å². The minimum atomic E-state index is -2.87. The predicted molar refractivity (Wildman–Crippen MR) is 74.7 cm³/mol. The van der Waals surface area contributed by atoms with E-state index in [-0.39, 0.29) is 16.4 Å². The smallest absolute Gasteiger partial charge is 0.310 e. The molecule has 106 valence electrons. The summed E-state index contributed by atoms with van der Waals surface area (Å²) in [6, 6.07) is 4.89. The summed E-state index contributed by atoms with van der Waals surface area (Å²) in [6.07, 6.45) is 0. The molecule has 0 unspecified atom stereocenters. The third-order valence-corrected chi connectivity index (χ3v) is 3.93. The summed E-state index contributed by atoms with van der Waals surface area (Å²) >= 11 is 1.59. The maximum atomic E-state index is 13.6. The van der Waals surface area contributed by atoms with Gasteiger partial charge in [0.25, 0.3) is 0 Å². The first kappa shape index (κ1) is 14.6. The predicted octanol–water partition coefficient (Wildman–Crippen LogP) is 4.27. The van der Waals surface area contributed by atoms with Crippen molar-refractivity contribution in [2.45, 2.75) is 44.4 Å². The lowest BCUT2D eigenvalue weighted by Gasteiger charge is -2.22. The van der Waals surface area contributed by atoms with Crippen molar-refractivity contribution in [2.24, 2.45) is 0 Å². The molecule has 1 heterocycles. The molecule has 1 N–H and O–H groups in total. The maximum absolute atomic E-state index is 13.6. The van der Waals surface area contributed by atoms with Gasteiger partial charge in [0, 0.05) is 16.4 Å². The topological polar surface area (TPSA) is 21.3 Å². The minimum Gasteiger partial charge on any atom is -0.486 e. The largest absolute Gasteiger partial charge is 0.486 e. The second-order valence-corrected chi connectivity index (χ2v) is 7.44. The van der Waals surface area contributed by atoms with Crippen molar-refractivity contribution in [3.63, 3.8) is 0 Å². The second kappa shape index (κ2) is 4.94. The van der Waals surface area contributed by atoms with Crippen LogP contribution in [-0.2, 0) is 5.92 Å². The van der Waals surface area contributed by atoms with Crippen molar-refractivity contribution in [3.05, 3.63) is 29.3 Å². The lowest BCUT2D eigenvalue weighted by atomic mass is 10.0. The number of rotatable bonds is 3. The standard InChI is InChI=1S/C14H19F2NOS/c1-9(17-19-13(2,3)4)10-6-5-7-11-12(10)18-8-14(11,15)16/h5-7,9,17H,8H2,1-4H3/t9-/m1/s1. The Morgan fingerprint density at radius 2 is 2.05 bits per heavy atom. The zero-order valence-electron chi connectivity index (χ0n) is 11.6. The number of fused-ring (bicyclic) bond motifs is 1. The molecule has 5 heteroatoms. The van der Waals surface area contributed by atoms with Gasteiger partial charge >= 0.3 is 5.92 Å². The van der Waals surface area contributed by atoms with Crippen LogP contribution in [0.4, 0.5) is 8.78 Å². The zero-order chi connectivity index (χ0) is 14.3. The molecule has 2 nitrogen and oxygen atoms in total. The van der Waals surface area contributed by atoms with Crippen LogP contribution in [0.3, 0.4) is 0 Å². The average molecular weight is 287 g/mol. The van der Waals surface area contributed by atoms with Gasteiger partial charge < -0.3 is 4.74 Å². The maximum Gasteiger partial charge on any atom is 0.310 e. The molecule has 1 aromatic carbocycles. The number of hydrogen-bond acceptors (Lipinski definition) is 3. The normalized spacial score (nSPS) is 18.8. The summed E-state index contributed by atoms with van der Waals surface area (Å²) in [5.41, 5.74) is 0.783. The third kappa shape index (κ3) is 3.20. The summed E-state index contributed by atoms with van der Waals surface area (Å²) in [4.78, 5) is 0. The van der Waals surface area contributed by atoms with Crippen LogP contribution < -0.4 is 9.46 Å². The molecular weight excluding hydrogens is 268 g/mol. The van der Waals surface area contributed by atoms with Crippen LogP contribution in [-0.4, -0.2) is 11.4 Å². The number of halogens is 2. The molecule has 0 radical (unpaired) electrons. The Bertz CT molecular complexity index is 471. The molecule has 19 heavy (non-hydrogen) atoms. The Morgan fingerprint density at radius 1 is 1.37 bits per heavy atom. The van der Waals surface area contributed by atoms with Crippen LogP contribution in [0.5, 0.6) is 5.75 Å². The Labute approximate surface area is 117 Å². The van der Waals surface area contributed by atoms with Crippen LogP contribution in [0.2, 0.25) is 0 Å². The van der Waals surface area contributed by atoms with Crippen LogP contribution in [0.1, 0.15) is 44.9 Å². The highest BCUT2D eigenvalue weighted by molar-refractivity contribution is 7.98. The summed E-state index contributed by atoms with van der Waals surface area (Å²) in [5, 5.41) is 0. The fourth-order valence-electron chi connectivity index (χ4n) is 1.91. The highest BCUT2D eigenvalue weighted by Gasteiger charge is 2.42. The van der Waals surface area contributed by atoms with E-state index in [4.69, 9.17) is 4.74 Å². The monoisotopic (exact) mass is 287 g/mol. The van der Waals surface area contributed by atoms with Crippen LogP contribution in [0.25, 0.3) is 0 Å². The molecule has 1 aromatic rings. The van der Waals surface area contributed by atoms with Crippen molar-refractivity contribution in [3.8, 4) is 5.75 Å². The van der Waals surface area contributed by atoms with Crippen molar-refractivity contribution >= 4 is 11.9 Å². The molecular formula is C14H19F2NOS. The first-order valence-electron chi connectivity index (χ1n) is 6.28. The Hall–Kier alpha value is -0.810. The Morgan fingerprint density at radius 3 is 2.68 bits per heavy atom. The quantitative estimate of drug-likeness (QED) is 0.839. The van der Waals surface area contributed by atoms with Gasteiger partial charge in [-0.25, -0.2) is 0 Å². The van der Waals surface area contributed by atoms with Gasteiger partial charge in [0.05, 0.1) is 5.56 Å². The van der Waals surface area contributed by atoms with Gasteiger partial charge in [-0.3, -0.25) is 4.72 Å². The van der Waals surface area contributed by atoms with Gasteiger partial charge in [-0.05, 0) is 33.8 Å². The van der Waals surface area contributed by atoms with Crippen molar-refractivity contribution in [1.82, 2.24) is 4.72 Å². The molecule has 1 atom stereocenters. The number of alkyl halides is 2. The number of nitrogens with one attached hydrogen (secondary N) is 1. The summed E-state index contributed by atoms with van der Waals surface area (Å²) in [7, 11) is 0. The summed E-state index contributed by atoms with van der Waals surface area (Å²) in [6.45, 7) is 7.68. The van der Waals surface area contributed by atoms with E-state index in [1.807, 2.05) is 13.0 Å². The molecule has 0 saturated heterocycles. The van der Waals surface area contributed by atoms with Crippen LogP contribution in [0, 0.1) is 0 Å². The fraction of sp³-hybridized carbons (Fsp3) is 0.571. The molecule has 0 saturated carbocycles. The molecule has 0 amide bonds. The summed E-state index contributed by atoms with van der Waals surface area (Å²) in [5.74, 6) is -2.54. The highest BCUT2D eigenvalue weighted by atomic mass is 32.2. The van der Waals surface area contributed by atoms with E-state index in [0.717, 1.165) is 5.56 Å². The van der Waals surface area contributed by atoms with E-state index in [2.05, 4.69) is 25.5 Å². The summed E-state index contributed by atoms with van der Waals surface area (Å²) < 4.78 is 35.8. The van der Waals surface area contributed by atoms with E-state index in [9.17, 15) is 8.78 Å². The van der Waals surface area contributed by atoms with E-state index in [1.165, 1.54) is 6.07 Å². The first-order valence-corrected chi connectivity index (χ1v) is 7.10. The lowest BCUT2D eigenvalue weighted by Crippen LogP contribution is -2.20. The van der Waals surface area contributed by atoms with Gasteiger partial charge in [0.2, 0.25) is 0 Å². The van der Waals surface area contributed by atoms with Crippen molar-refractivity contribution in [2.75, 3.05) is 6.61 Å². The van der Waals surface area contributed by atoms with E-state index in [1.54, 1.807) is 18.0 Å². The highest BCUT2D eigenvalue weighted by Crippen LogP contribution is 2.44. The number of ether oxygens (including phenoxy) is 1. The van der Waals surface area contributed by atoms with Crippen molar-refractivity contribution < 1.29 is 13.5 Å². The fourth-order valence-corrected chi connectivity index (χ4v) is 2.57. The minimum absolute atomic E-state index is 0.000548. The molecule has 2 rings (SSSR count). The second-order valence-electron chi connectivity index (χ2n) is 5.77. The number of para-hydroxylation sites is 1. The van der Waals surface area contributed by atoms with E-state index >= 15 is 0 Å². The lowest BCUT2D eigenvalue weighted by molar-refractivity contribution is -0.0214.